The zero-order valence-electron chi connectivity index (χ0n) is 13.1. The molecular weight excluding hydrogens is 258 g/mol. The fourth-order valence-corrected chi connectivity index (χ4v) is 4.30. The molecule has 21 heavy (non-hydrogen) atoms. The second-order valence-electron chi connectivity index (χ2n) is 6.93. The van der Waals surface area contributed by atoms with Crippen molar-refractivity contribution >= 4 is 0 Å². The fourth-order valence-electron chi connectivity index (χ4n) is 4.30. The first kappa shape index (κ1) is 15.1. The number of hydrogen-bond acceptors (Lipinski definition) is 2. The van der Waals surface area contributed by atoms with Crippen LogP contribution >= 0.6 is 0 Å². The SMILES string of the molecule is OCC1CCCCC1CNCC1CCCc2ccccc21. The normalized spacial score (nSPS) is 29.1. The zero-order chi connectivity index (χ0) is 14.5. The molecule has 1 aromatic carbocycles. The fraction of sp³-hybridized carbons (Fsp3) is 0.684. The quantitative estimate of drug-likeness (QED) is 0.869. The highest BCUT2D eigenvalue weighted by Crippen LogP contribution is 2.32. The first-order valence-electron chi connectivity index (χ1n) is 8.78. The van der Waals surface area contributed by atoms with Gasteiger partial charge in [-0.2, -0.15) is 0 Å². The molecule has 1 aromatic rings. The Morgan fingerprint density at radius 2 is 1.76 bits per heavy atom. The third kappa shape index (κ3) is 3.67. The molecule has 0 amide bonds. The molecule has 0 heterocycles. The van der Waals surface area contributed by atoms with Crippen molar-refractivity contribution in [3.05, 3.63) is 35.4 Å². The Bertz CT molecular complexity index is 445. The Morgan fingerprint density at radius 3 is 2.62 bits per heavy atom. The van der Waals surface area contributed by atoms with Gasteiger partial charge in [0.2, 0.25) is 0 Å². The maximum absolute atomic E-state index is 9.51. The topological polar surface area (TPSA) is 32.3 Å². The van der Waals surface area contributed by atoms with Crippen LogP contribution in [0.5, 0.6) is 0 Å². The van der Waals surface area contributed by atoms with Crippen LogP contribution in [0, 0.1) is 11.8 Å². The van der Waals surface area contributed by atoms with Gasteiger partial charge in [-0.15, -0.1) is 0 Å². The highest BCUT2D eigenvalue weighted by atomic mass is 16.3. The van der Waals surface area contributed by atoms with E-state index >= 15 is 0 Å². The van der Waals surface area contributed by atoms with Gasteiger partial charge in [0.15, 0.2) is 0 Å². The van der Waals surface area contributed by atoms with E-state index in [0.29, 0.717) is 24.4 Å². The van der Waals surface area contributed by atoms with E-state index in [1.165, 1.54) is 44.9 Å². The van der Waals surface area contributed by atoms with Gasteiger partial charge in [0.05, 0.1) is 0 Å². The van der Waals surface area contributed by atoms with Gasteiger partial charge in [0, 0.05) is 13.2 Å². The number of aliphatic hydroxyl groups is 1. The van der Waals surface area contributed by atoms with E-state index in [9.17, 15) is 5.11 Å². The highest BCUT2D eigenvalue weighted by Gasteiger charge is 2.25. The number of aliphatic hydroxyl groups excluding tert-OH is 1. The number of nitrogens with one attached hydrogen (secondary N) is 1. The predicted molar refractivity (Wildman–Crippen MR) is 87.5 cm³/mol. The van der Waals surface area contributed by atoms with E-state index in [4.69, 9.17) is 0 Å². The molecule has 0 bridgehead atoms. The minimum absolute atomic E-state index is 0.374. The lowest BCUT2D eigenvalue weighted by Crippen LogP contribution is -2.34. The Kier molecular flexibility index (Phi) is 5.32. The van der Waals surface area contributed by atoms with Crippen molar-refractivity contribution < 1.29 is 5.11 Å². The van der Waals surface area contributed by atoms with E-state index in [-0.39, 0.29) is 0 Å². The number of fused-ring (bicyclic) bond motifs is 1. The smallest absolute Gasteiger partial charge is 0.0462 e. The molecular formula is C19H29NO. The Morgan fingerprint density at radius 1 is 0.952 bits per heavy atom. The third-order valence-electron chi connectivity index (χ3n) is 5.59. The Hall–Kier alpha value is -0.860. The Balaban J connectivity index is 1.52. The van der Waals surface area contributed by atoms with Crippen LogP contribution in [0.4, 0.5) is 0 Å². The number of benzene rings is 1. The molecule has 0 saturated heterocycles. The summed E-state index contributed by atoms with van der Waals surface area (Å²) >= 11 is 0. The van der Waals surface area contributed by atoms with Gasteiger partial charge in [-0.05, 0) is 67.5 Å². The molecule has 0 radical (unpaired) electrons. The van der Waals surface area contributed by atoms with Crippen LogP contribution in [0.25, 0.3) is 0 Å². The second-order valence-corrected chi connectivity index (χ2v) is 6.93. The predicted octanol–water partition coefficient (Wildman–Crippen LogP) is 3.49. The van der Waals surface area contributed by atoms with Crippen LogP contribution in [0.3, 0.4) is 0 Å². The van der Waals surface area contributed by atoms with E-state index in [1.54, 1.807) is 11.1 Å². The van der Waals surface area contributed by atoms with Gasteiger partial charge in [-0.3, -0.25) is 0 Å². The summed E-state index contributed by atoms with van der Waals surface area (Å²) in [5.41, 5.74) is 3.13. The summed E-state index contributed by atoms with van der Waals surface area (Å²) in [6.45, 7) is 2.56. The van der Waals surface area contributed by atoms with Crippen LogP contribution in [0.2, 0.25) is 0 Å². The van der Waals surface area contributed by atoms with E-state index in [0.717, 1.165) is 13.1 Å². The first-order chi connectivity index (χ1) is 10.4. The molecule has 3 unspecified atom stereocenters. The minimum atomic E-state index is 0.374. The maximum Gasteiger partial charge on any atom is 0.0462 e. The maximum atomic E-state index is 9.51. The molecule has 3 atom stereocenters. The largest absolute Gasteiger partial charge is 0.396 e. The van der Waals surface area contributed by atoms with E-state index in [1.807, 2.05) is 0 Å². The molecule has 2 aliphatic rings. The van der Waals surface area contributed by atoms with Crippen LogP contribution in [0.1, 0.15) is 55.6 Å². The molecule has 2 nitrogen and oxygen atoms in total. The summed E-state index contributed by atoms with van der Waals surface area (Å²) < 4.78 is 0. The molecule has 0 aromatic heterocycles. The molecule has 116 valence electrons. The molecule has 0 aliphatic heterocycles. The minimum Gasteiger partial charge on any atom is -0.396 e. The zero-order valence-corrected chi connectivity index (χ0v) is 13.1. The lowest BCUT2D eigenvalue weighted by atomic mass is 9.79. The van der Waals surface area contributed by atoms with Crippen molar-refractivity contribution in [2.75, 3.05) is 19.7 Å². The standard InChI is InChI=1S/C19H29NO/c21-14-18-8-2-1-7-16(18)12-20-13-17-10-5-9-15-6-3-4-11-19(15)17/h3-4,6,11,16-18,20-21H,1-2,5,7-10,12-14H2. The summed E-state index contributed by atoms with van der Waals surface area (Å²) in [6.07, 6.45) is 9.05. The molecule has 2 aliphatic carbocycles. The van der Waals surface area contributed by atoms with Crippen LogP contribution in [0.15, 0.2) is 24.3 Å². The summed E-state index contributed by atoms with van der Waals surface area (Å²) in [5, 5.41) is 13.2. The molecule has 3 rings (SSSR count). The highest BCUT2D eigenvalue weighted by molar-refractivity contribution is 5.32. The van der Waals surface area contributed by atoms with Crippen molar-refractivity contribution in [2.24, 2.45) is 11.8 Å². The van der Waals surface area contributed by atoms with E-state index < -0.39 is 0 Å². The first-order valence-corrected chi connectivity index (χ1v) is 8.78. The van der Waals surface area contributed by atoms with Crippen LogP contribution < -0.4 is 5.32 Å². The molecule has 1 saturated carbocycles. The summed E-state index contributed by atoms with van der Waals surface area (Å²) in [4.78, 5) is 0. The van der Waals surface area contributed by atoms with Crippen molar-refractivity contribution in [1.82, 2.24) is 5.32 Å². The van der Waals surface area contributed by atoms with Crippen molar-refractivity contribution in [3.8, 4) is 0 Å². The monoisotopic (exact) mass is 287 g/mol. The van der Waals surface area contributed by atoms with E-state index in [2.05, 4.69) is 29.6 Å². The van der Waals surface area contributed by atoms with Crippen molar-refractivity contribution in [1.29, 1.82) is 0 Å². The average Bonchev–Trinajstić information content (AvgIpc) is 2.55. The van der Waals surface area contributed by atoms with Crippen LogP contribution in [-0.4, -0.2) is 24.8 Å². The molecule has 1 fully saturated rings. The van der Waals surface area contributed by atoms with Crippen LogP contribution in [-0.2, 0) is 6.42 Å². The van der Waals surface area contributed by atoms with Gasteiger partial charge in [0.25, 0.3) is 0 Å². The van der Waals surface area contributed by atoms with Gasteiger partial charge < -0.3 is 10.4 Å². The number of aryl methyl sites for hydroxylation is 1. The number of hydrogen-bond donors (Lipinski definition) is 2. The lowest BCUT2D eigenvalue weighted by molar-refractivity contribution is 0.133. The van der Waals surface area contributed by atoms with Gasteiger partial charge >= 0.3 is 0 Å². The van der Waals surface area contributed by atoms with Crippen molar-refractivity contribution in [3.63, 3.8) is 0 Å². The molecule has 0 spiro atoms. The number of rotatable bonds is 5. The van der Waals surface area contributed by atoms with Gasteiger partial charge in [0.1, 0.15) is 0 Å². The Labute approximate surface area is 129 Å². The summed E-state index contributed by atoms with van der Waals surface area (Å²) in [5.74, 6) is 1.90. The second kappa shape index (κ2) is 7.42. The average molecular weight is 287 g/mol. The lowest BCUT2D eigenvalue weighted by Gasteiger charge is -2.31. The summed E-state index contributed by atoms with van der Waals surface area (Å²) in [7, 11) is 0. The third-order valence-corrected chi connectivity index (χ3v) is 5.59. The van der Waals surface area contributed by atoms with Gasteiger partial charge in [-0.1, -0.05) is 37.1 Å². The van der Waals surface area contributed by atoms with Gasteiger partial charge in [-0.25, -0.2) is 0 Å². The van der Waals surface area contributed by atoms with Crippen molar-refractivity contribution in [2.45, 2.75) is 50.9 Å². The molecule has 2 heteroatoms. The summed E-state index contributed by atoms with van der Waals surface area (Å²) in [6, 6.07) is 8.96. The molecule has 2 N–H and O–H groups in total.